The molecule has 2 fully saturated rings. The van der Waals surface area contributed by atoms with Crippen LogP contribution >= 0.6 is 21.6 Å². The zero-order chi connectivity index (χ0) is 61.9. The molecule has 6 aromatic rings. The summed E-state index contributed by atoms with van der Waals surface area (Å²) in [5.74, 6) is -5.21. The van der Waals surface area contributed by atoms with Crippen LogP contribution in [0.25, 0.3) is 33.2 Å². The molecule has 3 aromatic heterocycles. The van der Waals surface area contributed by atoms with Gasteiger partial charge >= 0.3 is 12.1 Å². The average Bonchev–Trinajstić information content (AvgIpc) is 2.16. The summed E-state index contributed by atoms with van der Waals surface area (Å²) in [5, 5.41) is 27.7. The largest absolute Gasteiger partial charge is 0.508 e. The van der Waals surface area contributed by atoms with E-state index >= 15 is 0 Å². The van der Waals surface area contributed by atoms with Crippen molar-refractivity contribution in [2.24, 2.45) is 5.92 Å². The van der Waals surface area contributed by atoms with Gasteiger partial charge in [-0.15, -0.1) is 0 Å². The highest BCUT2D eigenvalue weighted by atomic mass is 33.1. The molecule has 0 bridgehead atoms. The number of benzene rings is 3. The van der Waals surface area contributed by atoms with E-state index < -0.39 is 86.7 Å². The number of hydrogen-bond acceptors (Lipinski definition) is 18. The van der Waals surface area contributed by atoms with Crippen molar-refractivity contribution in [1.29, 1.82) is 5.26 Å². The zero-order valence-corrected chi connectivity index (χ0v) is 49.3. The number of halogens is 2. The number of ether oxygens (including phenoxy) is 3. The molecule has 3 aliphatic rings. The Labute approximate surface area is 505 Å². The van der Waals surface area contributed by atoms with E-state index in [0.29, 0.717) is 33.5 Å². The van der Waals surface area contributed by atoms with Crippen LogP contribution < -0.4 is 25.4 Å². The lowest BCUT2D eigenvalue weighted by molar-refractivity contribution is -0.141. The Bertz CT molecular complexity index is 3800. The van der Waals surface area contributed by atoms with Crippen molar-refractivity contribution in [2.45, 2.75) is 94.5 Å². The van der Waals surface area contributed by atoms with Crippen molar-refractivity contribution >= 4 is 89.9 Å². The van der Waals surface area contributed by atoms with Gasteiger partial charge in [-0.2, -0.15) is 5.26 Å². The smallest absolute Gasteiger partial charge is 0.480 e. The molecule has 28 heteroatoms. The molecule has 5 N–H and O–H groups in total. The van der Waals surface area contributed by atoms with Crippen molar-refractivity contribution in [1.82, 2.24) is 40.7 Å². The minimum atomic E-state index is -4.36. The fourth-order valence-electron chi connectivity index (χ4n) is 10.2. The first-order valence-electron chi connectivity index (χ1n) is 27.3. The van der Waals surface area contributed by atoms with E-state index in [1.165, 1.54) is 42.3 Å². The quantitative estimate of drug-likeness (QED) is 0.0245. The number of pyridine rings is 3. The number of fused-ring (bicyclic) bond motifs is 2. The summed E-state index contributed by atoms with van der Waals surface area (Å²) < 4.78 is 73.4. The first-order chi connectivity index (χ1) is 41.8. The number of carbonyl (C=O) groups is 7. The summed E-state index contributed by atoms with van der Waals surface area (Å²) in [6.07, 6.45) is 1.76. The molecule has 1 unspecified atom stereocenters. The molecule has 0 aliphatic carbocycles. The Balaban J connectivity index is 0.664. The fourth-order valence-corrected chi connectivity index (χ4v) is 13.3. The number of aromatic nitrogens is 3. The average molecular weight is 1250 g/mol. The molecule has 6 heterocycles. The van der Waals surface area contributed by atoms with Crippen LogP contribution in [0.2, 0.25) is 0 Å². The highest BCUT2D eigenvalue weighted by Gasteiger charge is 2.44. The molecule has 3 aliphatic heterocycles. The Hall–Kier alpha value is -8.94. The number of rotatable bonds is 24. The second-order valence-corrected chi connectivity index (χ2v) is 24.9. The molecule has 87 heavy (non-hydrogen) atoms. The van der Waals surface area contributed by atoms with Crippen molar-refractivity contribution in [2.75, 3.05) is 36.5 Å². The maximum Gasteiger partial charge on any atom is 0.508 e. The Morgan fingerprint density at radius 1 is 0.920 bits per heavy atom. The molecule has 23 nitrogen and oxygen atoms in total. The molecule has 0 spiro atoms. The Morgan fingerprint density at radius 2 is 1.71 bits per heavy atom. The van der Waals surface area contributed by atoms with Crippen LogP contribution in [-0.2, 0) is 74.5 Å². The number of carboxylic acid groups (broad SMARTS) is 1. The van der Waals surface area contributed by atoms with Crippen molar-refractivity contribution in [3.05, 3.63) is 131 Å². The van der Waals surface area contributed by atoms with Gasteiger partial charge in [-0.1, -0.05) is 58.0 Å². The third kappa shape index (κ3) is 15.6. The summed E-state index contributed by atoms with van der Waals surface area (Å²) in [6, 6.07) is 20.3. The second kappa shape index (κ2) is 28.1. The van der Waals surface area contributed by atoms with Crippen LogP contribution in [-0.4, -0.2) is 136 Å². The standard InChI is InChI=1S/C59H58F2N10O13S3/c1-33-6-11-51(46(61)18-33)87(80,81)69-48-21-39(27-66-56(48)82-2)34-8-10-47-44(19-34)43(14-15-63-47)36-7-9-41(64-25-36)31-84-59(79)83-16-17-85-86-32-50(58(77)78)67-53(73)13-12-52(72)65-26-35-4-3-5-37-28-70(30-45(35)37)54(74)22-38-20-49(68-55(38)75)57(76)71-29-40(60)23-42(71)24-62/h3-11,14-15,18-19,21,25,27,38,40,42,49-50,69H,12-13,16-17,20,22-23,26,28-32H2,1-2H3,(H,65,72)(H,67,73)(H,68,75)(H,77,78)/t38-,40-,42-,49-,50?/m0/s1. The first kappa shape index (κ1) is 62.6. The van der Waals surface area contributed by atoms with E-state index in [0.717, 1.165) is 49.4 Å². The van der Waals surface area contributed by atoms with Gasteiger partial charge < -0.3 is 45.1 Å². The molecular weight excluding hydrogens is 1190 g/mol. The number of likely N-dealkylation sites (tertiary alicyclic amines) is 1. The summed E-state index contributed by atoms with van der Waals surface area (Å²) in [5.41, 5.74) is 6.71. The van der Waals surface area contributed by atoms with Crippen molar-refractivity contribution < 1.29 is 70.1 Å². The normalized spacial score (nSPS) is 17.4. The van der Waals surface area contributed by atoms with Gasteiger partial charge in [0.1, 0.15) is 53.9 Å². The van der Waals surface area contributed by atoms with Gasteiger partial charge in [0.2, 0.25) is 35.4 Å². The lowest BCUT2D eigenvalue weighted by atomic mass is 9.98. The van der Waals surface area contributed by atoms with Crippen molar-refractivity contribution in [3.63, 3.8) is 0 Å². The number of aliphatic carboxylic acids is 1. The molecule has 454 valence electrons. The van der Waals surface area contributed by atoms with E-state index in [4.69, 9.17) is 14.2 Å². The maximum atomic E-state index is 14.7. The van der Waals surface area contributed by atoms with Crippen molar-refractivity contribution in [3.8, 4) is 34.2 Å². The Kier molecular flexibility index (Phi) is 20.2. The molecular formula is C59H58F2N10O13S3. The van der Waals surface area contributed by atoms with E-state index in [1.54, 1.807) is 60.6 Å². The summed E-state index contributed by atoms with van der Waals surface area (Å²) in [6.45, 7) is 1.72. The van der Waals surface area contributed by atoms with Crippen LogP contribution in [0.3, 0.4) is 0 Å². The number of carboxylic acids is 1. The summed E-state index contributed by atoms with van der Waals surface area (Å²) in [4.78, 5) is 105. The molecule has 0 saturated carbocycles. The lowest BCUT2D eigenvalue weighted by Gasteiger charge is -2.22. The lowest BCUT2D eigenvalue weighted by Crippen LogP contribution is -2.46. The van der Waals surface area contributed by atoms with Crippen LogP contribution in [0.5, 0.6) is 5.88 Å². The number of nitrogens with one attached hydrogen (secondary N) is 4. The van der Waals surface area contributed by atoms with Gasteiger partial charge in [0.05, 0.1) is 30.9 Å². The fraction of sp³-hybridized carbons (Fsp3) is 0.339. The minimum absolute atomic E-state index is 0.00190. The van der Waals surface area contributed by atoms with E-state index in [-0.39, 0.29) is 100 Å². The summed E-state index contributed by atoms with van der Waals surface area (Å²) >= 11 is 0. The number of amides is 5. The van der Waals surface area contributed by atoms with Gasteiger partial charge in [-0.3, -0.25) is 38.7 Å². The molecule has 3 aromatic carbocycles. The van der Waals surface area contributed by atoms with Gasteiger partial charge in [0.25, 0.3) is 10.0 Å². The third-order valence-corrected chi connectivity index (χ3v) is 18.4. The van der Waals surface area contributed by atoms with Crippen LogP contribution in [0, 0.1) is 30.0 Å². The predicted octanol–water partition coefficient (Wildman–Crippen LogP) is 6.52. The number of nitrogens with zero attached hydrogens (tertiary/aromatic N) is 6. The van der Waals surface area contributed by atoms with Gasteiger partial charge in [-0.05, 0) is 89.2 Å². The number of hydrogen-bond donors (Lipinski definition) is 5. The second-order valence-electron chi connectivity index (χ2n) is 20.6. The first-order valence-corrected chi connectivity index (χ1v) is 31.3. The number of methoxy groups -OCH3 is 1. The molecule has 2 saturated heterocycles. The van der Waals surface area contributed by atoms with Crippen LogP contribution in [0.1, 0.15) is 60.1 Å². The highest BCUT2D eigenvalue weighted by molar-refractivity contribution is 8.76. The van der Waals surface area contributed by atoms with Gasteiger partial charge in [-0.25, -0.2) is 31.8 Å². The monoisotopic (exact) mass is 1250 g/mol. The summed E-state index contributed by atoms with van der Waals surface area (Å²) in [7, 11) is -0.691. The Morgan fingerprint density at radius 3 is 2.47 bits per heavy atom. The zero-order valence-electron chi connectivity index (χ0n) is 46.8. The predicted molar refractivity (Wildman–Crippen MR) is 314 cm³/mol. The molecule has 5 amide bonds. The highest BCUT2D eigenvalue weighted by Crippen LogP contribution is 2.36. The number of aryl methyl sites for hydroxylation is 1. The SMILES string of the molecule is COc1ncc(-c2ccc3nccc(-c4ccc(COC(=O)OCCSSCC(NC(=O)CCC(=O)NCc5cccc6c5CN(C(=O)C[C@@H]5C[C@@H](C(=O)N7C[C@@H](F)C[C@H]7C#N)NC5=O)C6)C(=O)O)nc4)c3c2)cc1NS(=O)(=O)c1ccc(C)cc1F. The molecule has 0 radical (unpaired) electrons. The number of nitriles is 1. The van der Waals surface area contributed by atoms with Crippen LogP contribution in [0.4, 0.5) is 19.3 Å². The van der Waals surface area contributed by atoms with E-state index in [2.05, 4.69) is 35.6 Å². The number of sulfonamides is 1. The number of carbonyl (C=O) groups excluding carboxylic acids is 6. The molecule has 9 rings (SSSR count). The van der Waals surface area contributed by atoms with Gasteiger partial charge in [0, 0.05) is 97.8 Å². The minimum Gasteiger partial charge on any atom is -0.480 e. The van der Waals surface area contributed by atoms with Crippen LogP contribution in [0.15, 0.2) is 102 Å². The third-order valence-electron chi connectivity index (χ3n) is 14.6. The van der Waals surface area contributed by atoms with E-state index in [1.807, 2.05) is 24.3 Å². The number of alkyl halides is 1. The van der Waals surface area contributed by atoms with Gasteiger partial charge in [0.15, 0.2) is 0 Å². The number of anilines is 1. The maximum absolute atomic E-state index is 14.7. The topological polar surface area (TPSA) is 319 Å². The molecule has 5 atom stereocenters. The van der Waals surface area contributed by atoms with E-state index in [9.17, 15) is 61.1 Å².